The number of carbonyl (C=O) groups excluding carboxylic acids is 3. The van der Waals surface area contributed by atoms with Crippen LogP contribution in [0.1, 0.15) is 55.6 Å². The molecule has 150 valence electrons. The van der Waals surface area contributed by atoms with Gasteiger partial charge in [-0.1, -0.05) is 32.0 Å². The molecule has 0 spiro atoms. The van der Waals surface area contributed by atoms with Crippen LogP contribution in [0.2, 0.25) is 0 Å². The molecule has 0 aliphatic heterocycles. The molecule has 0 saturated carbocycles. The minimum atomic E-state index is -0.946. The summed E-state index contributed by atoms with van der Waals surface area (Å²) in [6.07, 6.45) is 1.34. The van der Waals surface area contributed by atoms with Gasteiger partial charge in [0.1, 0.15) is 0 Å². The van der Waals surface area contributed by atoms with Gasteiger partial charge in [-0.15, -0.1) is 0 Å². The first-order chi connectivity index (χ1) is 13.4. The van der Waals surface area contributed by atoms with Gasteiger partial charge in [-0.05, 0) is 43.0 Å². The molecule has 1 heterocycles. The van der Waals surface area contributed by atoms with Crippen LogP contribution in [0.4, 0.5) is 5.69 Å². The van der Waals surface area contributed by atoms with E-state index in [-0.39, 0.29) is 18.7 Å². The molecule has 2 N–H and O–H groups in total. The average molecular weight is 386 g/mol. The topological polar surface area (TPSA) is 97.6 Å². The Morgan fingerprint density at radius 1 is 1.11 bits per heavy atom. The number of furan rings is 1. The standard InChI is InChI=1S/C21H26N2O5/c1-4-14(2)16-8-5-6-9-17(16)23-20(25)15(3)28-19(24)11-12-22-21(26)18-10-7-13-27-18/h5-10,13-15H,4,11-12H2,1-3H3,(H,22,26)(H,23,25)/t14-,15+/m1/s1. The smallest absolute Gasteiger partial charge is 0.308 e. The van der Waals surface area contributed by atoms with Crippen molar-refractivity contribution in [3.63, 3.8) is 0 Å². The Morgan fingerprint density at radius 2 is 1.86 bits per heavy atom. The SMILES string of the molecule is CC[C@@H](C)c1ccccc1NC(=O)[C@H](C)OC(=O)CCNC(=O)c1ccco1. The van der Waals surface area contributed by atoms with Crippen LogP contribution in [-0.2, 0) is 14.3 Å². The molecule has 7 heteroatoms. The van der Waals surface area contributed by atoms with Crippen LogP contribution in [0, 0.1) is 0 Å². The van der Waals surface area contributed by atoms with Crippen molar-refractivity contribution in [1.82, 2.24) is 5.32 Å². The lowest BCUT2D eigenvalue weighted by Gasteiger charge is -2.18. The number of ether oxygens (including phenoxy) is 1. The summed E-state index contributed by atoms with van der Waals surface area (Å²) in [4.78, 5) is 36.0. The Morgan fingerprint density at radius 3 is 2.54 bits per heavy atom. The summed E-state index contributed by atoms with van der Waals surface area (Å²) in [5.74, 6) is -0.917. The van der Waals surface area contributed by atoms with Gasteiger partial charge in [-0.25, -0.2) is 0 Å². The van der Waals surface area contributed by atoms with Crippen molar-refractivity contribution >= 4 is 23.5 Å². The van der Waals surface area contributed by atoms with Gasteiger partial charge in [0.15, 0.2) is 11.9 Å². The molecule has 1 aromatic heterocycles. The lowest BCUT2D eigenvalue weighted by molar-refractivity contribution is -0.153. The van der Waals surface area contributed by atoms with E-state index in [4.69, 9.17) is 9.15 Å². The van der Waals surface area contributed by atoms with Gasteiger partial charge in [-0.2, -0.15) is 0 Å². The maximum Gasteiger partial charge on any atom is 0.308 e. The van der Waals surface area contributed by atoms with Crippen LogP contribution in [0.25, 0.3) is 0 Å². The van der Waals surface area contributed by atoms with E-state index in [1.807, 2.05) is 24.3 Å². The van der Waals surface area contributed by atoms with Gasteiger partial charge in [-0.3, -0.25) is 14.4 Å². The van der Waals surface area contributed by atoms with Crippen LogP contribution < -0.4 is 10.6 Å². The zero-order chi connectivity index (χ0) is 20.5. The summed E-state index contributed by atoms with van der Waals surface area (Å²) in [5, 5.41) is 5.38. The molecule has 0 radical (unpaired) electrons. The summed E-state index contributed by atoms with van der Waals surface area (Å²) < 4.78 is 10.1. The Labute approximate surface area is 164 Å². The van der Waals surface area contributed by atoms with Crippen LogP contribution >= 0.6 is 0 Å². The van der Waals surface area contributed by atoms with E-state index in [1.54, 1.807) is 6.07 Å². The van der Waals surface area contributed by atoms with Gasteiger partial charge in [0.2, 0.25) is 0 Å². The van der Waals surface area contributed by atoms with Crippen molar-refractivity contribution in [3.05, 3.63) is 54.0 Å². The highest BCUT2D eigenvalue weighted by Crippen LogP contribution is 2.26. The molecule has 2 rings (SSSR count). The normalized spacial score (nSPS) is 12.7. The van der Waals surface area contributed by atoms with E-state index in [0.29, 0.717) is 5.92 Å². The van der Waals surface area contributed by atoms with Gasteiger partial charge in [0.25, 0.3) is 11.8 Å². The van der Waals surface area contributed by atoms with Crippen molar-refractivity contribution < 1.29 is 23.5 Å². The fraction of sp³-hybridized carbons (Fsp3) is 0.381. The van der Waals surface area contributed by atoms with Crippen molar-refractivity contribution in [2.45, 2.75) is 45.6 Å². The zero-order valence-electron chi connectivity index (χ0n) is 16.4. The van der Waals surface area contributed by atoms with E-state index in [0.717, 1.165) is 17.7 Å². The van der Waals surface area contributed by atoms with Crippen molar-refractivity contribution in [3.8, 4) is 0 Å². The fourth-order valence-corrected chi connectivity index (χ4v) is 2.58. The molecule has 0 bridgehead atoms. The molecule has 2 aromatic rings. The molecular formula is C21H26N2O5. The molecule has 0 aliphatic carbocycles. The van der Waals surface area contributed by atoms with Gasteiger partial charge < -0.3 is 19.8 Å². The van der Waals surface area contributed by atoms with Crippen LogP contribution in [-0.4, -0.2) is 30.4 Å². The molecule has 2 amide bonds. The number of esters is 1. The fourth-order valence-electron chi connectivity index (χ4n) is 2.58. The third-order valence-electron chi connectivity index (χ3n) is 4.40. The Kier molecular flexibility index (Phi) is 7.80. The highest BCUT2D eigenvalue weighted by molar-refractivity contribution is 5.96. The van der Waals surface area contributed by atoms with Crippen molar-refractivity contribution in [1.29, 1.82) is 0 Å². The number of hydrogen-bond donors (Lipinski definition) is 2. The van der Waals surface area contributed by atoms with E-state index >= 15 is 0 Å². The summed E-state index contributed by atoms with van der Waals surface area (Å²) >= 11 is 0. The van der Waals surface area contributed by atoms with Gasteiger partial charge in [0.05, 0.1) is 12.7 Å². The Balaban J connectivity index is 1.80. The average Bonchev–Trinajstić information content (AvgIpc) is 3.22. The number of nitrogens with one attached hydrogen (secondary N) is 2. The van der Waals surface area contributed by atoms with Crippen LogP contribution in [0.15, 0.2) is 47.1 Å². The largest absolute Gasteiger partial charge is 0.459 e. The summed E-state index contributed by atoms with van der Waals surface area (Å²) in [6.45, 7) is 5.77. The Hall–Kier alpha value is -3.09. The van der Waals surface area contributed by atoms with Gasteiger partial charge in [0, 0.05) is 12.2 Å². The number of rotatable bonds is 9. The minimum Gasteiger partial charge on any atom is -0.459 e. The summed E-state index contributed by atoms with van der Waals surface area (Å²) in [7, 11) is 0. The predicted molar refractivity (Wildman–Crippen MR) is 105 cm³/mol. The molecule has 1 aromatic carbocycles. The molecule has 0 aliphatic rings. The summed E-state index contributed by atoms with van der Waals surface area (Å²) in [5.41, 5.74) is 1.76. The molecule has 0 saturated heterocycles. The Bertz CT molecular complexity index is 801. The summed E-state index contributed by atoms with van der Waals surface area (Å²) in [6, 6.07) is 10.7. The quantitative estimate of drug-likeness (QED) is 0.643. The number of carbonyl (C=O) groups is 3. The van der Waals surface area contributed by atoms with Crippen molar-refractivity contribution in [2.24, 2.45) is 0 Å². The zero-order valence-corrected chi connectivity index (χ0v) is 16.4. The molecule has 7 nitrogen and oxygen atoms in total. The first kappa shape index (κ1) is 21.2. The highest BCUT2D eigenvalue weighted by Gasteiger charge is 2.20. The molecule has 2 atom stereocenters. The first-order valence-corrected chi connectivity index (χ1v) is 9.33. The number of hydrogen-bond acceptors (Lipinski definition) is 5. The van der Waals surface area contributed by atoms with Gasteiger partial charge >= 0.3 is 5.97 Å². The van der Waals surface area contributed by atoms with Crippen LogP contribution in [0.5, 0.6) is 0 Å². The van der Waals surface area contributed by atoms with E-state index < -0.39 is 23.9 Å². The predicted octanol–water partition coefficient (Wildman–Crippen LogP) is 3.48. The second-order valence-corrected chi connectivity index (χ2v) is 6.50. The third kappa shape index (κ3) is 5.97. The number of amides is 2. The van der Waals surface area contributed by atoms with E-state index in [9.17, 15) is 14.4 Å². The monoisotopic (exact) mass is 386 g/mol. The number of anilines is 1. The maximum absolute atomic E-state index is 12.4. The van der Waals surface area contributed by atoms with E-state index in [2.05, 4.69) is 24.5 Å². The second kappa shape index (κ2) is 10.3. The molecule has 28 heavy (non-hydrogen) atoms. The first-order valence-electron chi connectivity index (χ1n) is 9.33. The number of benzene rings is 1. The third-order valence-corrected chi connectivity index (χ3v) is 4.40. The maximum atomic E-state index is 12.4. The second-order valence-electron chi connectivity index (χ2n) is 6.50. The lowest BCUT2D eigenvalue weighted by atomic mass is 9.97. The molecule has 0 unspecified atom stereocenters. The number of para-hydroxylation sites is 1. The molecular weight excluding hydrogens is 360 g/mol. The van der Waals surface area contributed by atoms with Crippen molar-refractivity contribution in [2.75, 3.05) is 11.9 Å². The highest BCUT2D eigenvalue weighted by atomic mass is 16.5. The van der Waals surface area contributed by atoms with E-state index in [1.165, 1.54) is 19.3 Å². The van der Waals surface area contributed by atoms with Crippen LogP contribution in [0.3, 0.4) is 0 Å². The lowest BCUT2D eigenvalue weighted by Crippen LogP contribution is -2.32. The minimum absolute atomic E-state index is 0.0481. The molecule has 0 fully saturated rings.